The monoisotopic (exact) mass is 402 g/mol. The van der Waals surface area contributed by atoms with Crippen LogP contribution in [0.1, 0.15) is 27.6 Å². The minimum Gasteiger partial charge on any atom is -0.304 e. The zero-order valence-electron chi connectivity index (χ0n) is 15.1. The predicted octanol–water partition coefficient (Wildman–Crippen LogP) is 2.59. The number of carbonyl (C=O) groups is 1. The number of aromatic nitrogens is 7. The van der Waals surface area contributed by atoms with Crippen molar-refractivity contribution in [2.75, 3.05) is 5.32 Å². The van der Waals surface area contributed by atoms with Gasteiger partial charge in [-0.2, -0.15) is 27.9 Å². The number of nitrogens with one attached hydrogen (secondary N) is 1. The first kappa shape index (κ1) is 18.5. The molecule has 1 N–H and O–H groups in total. The number of aryl methyl sites for hydroxylation is 2. The van der Waals surface area contributed by atoms with Crippen LogP contribution in [0.2, 0.25) is 0 Å². The van der Waals surface area contributed by atoms with Gasteiger partial charge in [-0.1, -0.05) is 0 Å². The Morgan fingerprint density at radius 3 is 2.55 bits per heavy atom. The van der Waals surface area contributed by atoms with E-state index in [-0.39, 0.29) is 23.2 Å². The van der Waals surface area contributed by atoms with Crippen LogP contribution in [0.5, 0.6) is 0 Å². The van der Waals surface area contributed by atoms with Gasteiger partial charge in [0.15, 0.2) is 5.82 Å². The summed E-state index contributed by atoms with van der Waals surface area (Å²) in [5.74, 6) is -0.144. The Kier molecular flexibility index (Phi) is 4.25. The van der Waals surface area contributed by atoms with Crippen LogP contribution in [0.15, 0.2) is 36.7 Å². The molecule has 1 amide bonds. The number of nitrogens with zero attached hydrogens (tertiary/aromatic N) is 7. The summed E-state index contributed by atoms with van der Waals surface area (Å²) in [6.45, 7) is 3.46. The molecule has 0 aromatic carbocycles. The minimum absolute atomic E-state index is 0.113. The molecule has 0 bridgehead atoms. The second-order valence-electron chi connectivity index (χ2n) is 6.17. The fraction of sp³-hybridized carbons (Fsp3) is 0.176. The third-order valence-electron chi connectivity index (χ3n) is 4.00. The van der Waals surface area contributed by atoms with E-state index in [0.29, 0.717) is 11.9 Å². The molecule has 12 heteroatoms. The van der Waals surface area contributed by atoms with Crippen molar-refractivity contribution < 1.29 is 18.0 Å². The average Bonchev–Trinajstić information content (AvgIpc) is 3.25. The predicted molar refractivity (Wildman–Crippen MR) is 94.6 cm³/mol. The van der Waals surface area contributed by atoms with Crippen LogP contribution in [0.25, 0.3) is 11.6 Å². The zero-order chi connectivity index (χ0) is 20.8. The molecule has 0 unspecified atom stereocenters. The molecule has 0 radical (unpaired) electrons. The highest BCUT2D eigenvalue weighted by Gasteiger charge is 2.31. The van der Waals surface area contributed by atoms with Crippen LogP contribution in [0, 0.1) is 13.8 Å². The summed E-state index contributed by atoms with van der Waals surface area (Å²) in [5.41, 5.74) is 0.395. The Morgan fingerprint density at radius 1 is 1.10 bits per heavy atom. The van der Waals surface area contributed by atoms with Gasteiger partial charge in [0.1, 0.15) is 5.82 Å². The smallest absolute Gasteiger partial charge is 0.304 e. The Balaban J connectivity index is 1.64. The fourth-order valence-electron chi connectivity index (χ4n) is 2.62. The number of hydrogen-bond donors (Lipinski definition) is 1. The number of alkyl halides is 3. The average molecular weight is 402 g/mol. The van der Waals surface area contributed by atoms with Gasteiger partial charge in [0.05, 0.1) is 11.3 Å². The van der Waals surface area contributed by atoms with Crippen LogP contribution in [0.3, 0.4) is 0 Å². The lowest BCUT2D eigenvalue weighted by Crippen LogP contribution is -2.17. The summed E-state index contributed by atoms with van der Waals surface area (Å²) in [6.07, 6.45) is -2.24. The van der Waals surface area contributed by atoms with Gasteiger partial charge in [0.2, 0.25) is 5.82 Å². The van der Waals surface area contributed by atoms with Crippen LogP contribution >= 0.6 is 0 Å². The molecule has 0 saturated heterocycles. The molecule has 0 atom stereocenters. The standard InChI is InChI=1S/C17H13F3N8O/c1-9-7-13(28(25-9)12-4-3-11(8-22-12)17(18,19)20)23-15(29)14-24-16-21-6-5-10(2)27(16)26-14/h3-8H,1-2H3,(H,23,29). The fourth-order valence-corrected chi connectivity index (χ4v) is 2.62. The van der Waals surface area contributed by atoms with Crippen LogP contribution in [0.4, 0.5) is 19.0 Å². The van der Waals surface area contributed by atoms with Gasteiger partial charge in [-0.25, -0.2) is 14.5 Å². The Bertz CT molecular complexity index is 1210. The van der Waals surface area contributed by atoms with Crippen molar-refractivity contribution in [3.63, 3.8) is 0 Å². The van der Waals surface area contributed by atoms with Crippen molar-refractivity contribution in [1.29, 1.82) is 0 Å². The molecule has 0 fully saturated rings. The SMILES string of the molecule is Cc1cc(NC(=O)c2nc3nccc(C)n3n2)n(-c2ccc(C(F)(F)F)cn2)n1. The van der Waals surface area contributed by atoms with Crippen molar-refractivity contribution in [3.8, 4) is 5.82 Å². The number of anilines is 1. The van der Waals surface area contributed by atoms with Crippen molar-refractivity contribution in [1.82, 2.24) is 34.3 Å². The van der Waals surface area contributed by atoms with E-state index in [9.17, 15) is 18.0 Å². The molecule has 0 aliphatic rings. The molecule has 148 valence electrons. The zero-order valence-corrected chi connectivity index (χ0v) is 15.1. The number of fused-ring (bicyclic) bond motifs is 1. The molecule has 4 rings (SSSR count). The van der Waals surface area contributed by atoms with Gasteiger partial charge in [-0.15, -0.1) is 5.10 Å². The Morgan fingerprint density at radius 2 is 1.90 bits per heavy atom. The van der Waals surface area contributed by atoms with Crippen molar-refractivity contribution >= 4 is 17.5 Å². The lowest BCUT2D eigenvalue weighted by Gasteiger charge is -2.09. The summed E-state index contributed by atoms with van der Waals surface area (Å²) in [6, 6.07) is 5.33. The van der Waals surface area contributed by atoms with Crippen LogP contribution in [-0.4, -0.2) is 40.3 Å². The largest absolute Gasteiger partial charge is 0.417 e. The maximum absolute atomic E-state index is 12.7. The van der Waals surface area contributed by atoms with Gasteiger partial charge in [-0.05, 0) is 32.0 Å². The molecular weight excluding hydrogens is 389 g/mol. The van der Waals surface area contributed by atoms with Crippen LogP contribution in [-0.2, 0) is 6.18 Å². The molecule has 4 heterocycles. The first-order valence-corrected chi connectivity index (χ1v) is 8.32. The summed E-state index contributed by atoms with van der Waals surface area (Å²) in [5, 5.41) is 10.9. The molecule has 4 aromatic heterocycles. The third kappa shape index (κ3) is 3.51. The van der Waals surface area contributed by atoms with E-state index in [4.69, 9.17) is 0 Å². The van der Waals surface area contributed by atoms with Gasteiger partial charge >= 0.3 is 6.18 Å². The third-order valence-corrected chi connectivity index (χ3v) is 4.00. The maximum Gasteiger partial charge on any atom is 0.417 e. The highest BCUT2D eigenvalue weighted by molar-refractivity contribution is 6.01. The molecule has 0 spiro atoms. The van der Waals surface area contributed by atoms with E-state index >= 15 is 0 Å². The number of pyridine rings is 1. The second kappa shape index (κ2) is 6.65. The van der Waals surface area contributed by atoms with Gasteiger partial charge in [-0.3, -0.25) is 4.79 Å². The lowest BCUT2D eigenvalue weighted by atomic mass is 10.3. The first-order valence-electron chi connectivity index (χ1n) is 8.32. The highest BCUT2D eigenvalue weighted by Crippen LogP contribution is 2.29. The van der Waals surface area contributed by atoms with Gasteiger partial charge < -0.3 is 5.32 Å². The minimum atomic E-state index is -4.50. The maximum atomic E-state index is 12.7. The molecule has 0 aliphatic heterocycles. The van der Waals surface area contributed by atoms with E-state index in [1.807, 2.05) is 0 Å². The van der Waals surface area contributed by atoms with Crippen LogP contribution < -0.4 is 5.32 Å². The number of hydrogen-bond acceptors (Lipinski definition) is 6. The summed E-state index contributed by atoms with van der Waals surface area (Å²) in [7, 11) is 0. The molecule has 4 aromatic rings. The molecule has 9 nitrogen and oxygen atoms in total. The van der Waals surface area contributed by atoms with Gasteiger partial charge in [0.25, 0.3) is 11.7 Å². The molecular formula is C17H13F3N8O. The van der Waals surface area contributed by atoms with Gasteiger partial charge in [0, 0.05) is 24.2 Å². The molecule has 29 heavy (non-hydrogen) atoms. The lowest BCUT2D eigenvalue weighted by molar-refractivity contribution is -0.137. The number of carbonyl (C=O) groups excluding carboxylic acids is 1. The summed E-state index contributed by atoms with van der Waals surface area (Å²) < 4.78 is 40.9. The van der Waals surface area contributed by atoms with E-state index in [1.165, 1.54) is 15.3 Å². The summed E-state index contributed by atoms with van der Waals surface area (Å²) >= 11 is 0. The Hall–Kier alpha value is -3.83. The number of amides is 1. The normalized spacial score (nSPS) is 11.8. The highest BCUT2D eigenvalue weighted by atomic mass is 19.4. The topological polar surface area (TPSA) is 103 Å². The molecule has 0 saturated carbocycles. The first-order chi connectivity index (χ1) is 13.7. The van der Waals surface area contributed by atoms with E-state index in [0.717, 1.165) is 11.8 Å². The Labute approximate surface area is 161 Å². The second-order valence-corrected chi connectivity index (χ2v) is 6.17. The quantitative estimate of drug-likeness (QED) is 0.565. The number of rotatable bonds is 3. The van der Waals surface area contributed by atoms with E-state index in [2.05, 4.69) is 30.5 Å². The van der Waals surface area contributed by atoms with Crippen molar-refractivity contribution in [2.24, 2.45) is 0 Å². The number of halogens is 3. The molecule has 0 aliphatic carbocycles. The van der Waals surface area contributed by atoms with E-state index in [1.54, 1.807) is 32.2 Å². The van der Waals surface area contributed by atoms with Crippen molar-refractivity contribution in [3.05, 3.63) is 59.4 Å². The van der Waals surface area contributed by atoms with Crippen molar-refractivity contribution in [2.45, 2.75) is 20.0 Å². The van der Waals surface area contributed by atoms with E-state index < -0.39 is 17.6 Å². The summed E-state index contributed by atoms with van der Waals surface area (Å²) in [4.78, 5) is 24.5.